The molecule has 0 saturated carbocycles. The monoisotopic (exact) mass is 195 g/mol. The average molecular weight is 196 g/mol. The number of hydrogen-bond donors (Lipinski definition) is 1. The van der Waals surface area contributed by atoms with Gasteiger partial charge in [-0.1, -0.05) is 0 Å². The van der Waals surface area contributed by atoms with Crippen molar-refractivity contribution in [2.24, 2.45) is 0 Å². The standard InChI is InChI=1S/C5H6S.BrH.H3N/c1-5-2-3-6-4-5;;/h2-4H,1H3;1H;1H3. The van der Waals surface area contributed by atoms with Gasteiger partial charge in [0.05, 0.1) is 0 Å². The van der Waals surface area contributed by atoms with Crippen molar-refractivity contribution in [2.75, 3.05) is 0 Å². The highest BCUT2D eigenvalue weighted by Gasteiger charge is 1.74. The Morgan fingerprint density at radius 1 is 1.50 bits per heavy atom. The molecule has 1 rings (SSSR count). The van der Waals surface area contributed by atoms with E-state index >= 15 is 0 Å². The fourth-order valence-corrected chi connectivity index (χ4v) is 0.998. The third-order valence-electron chi connectivity index (χ3n) is 0.663. The van der Waals surface area contributed by atoms with E-state index in [1.807, 2.05) is 0 Å². The van der Waals surface area contributed by atoms with Crippen LogP contribution in [0.4, 0.5) is 0 Å². The van der Waals surface area contributed by atoms with Gasteiger partial charge in [-0.25, -0.2) is 0 Å². The Kier molecular flexibility index (Phi) is 7.26. The van der Waals surface area contributed by atoms with Crippen molar-refractivity contribution in [3.8, 4) is 0 Å². The first-order valence-electron chi connectivity index (χ1n) is 1.88. The fourth-order valence-electron chi connectivity index (χ4n) is 0.333. The molecule has 0 unspecified atom stereocenters. The van der Waals surface area contributed by atoms with E-state index in [0.717, 1.165) is 0 Å². The first-order valence-corrected chi connectivity index (χ1v) is 2.82. The molecule has 1 aromatic rings. The highest BCUT2D eigenvalue weighted by atomic mass is 79.9. The highest BCUT2D eigenvalue weighted by Crippen LogP contribution is 2.01. The van der Waals surface area contributed by atoms with E-state index in [4.69, 9.17) is 0 Å². The molecule has 0 bridgehead atoms. The largest absolute Gasteiger partial charge is 0.344 e. The summed E-state index contributed by atoms with van der Waals surface area (Å²) in [6.07, 6.45) is 0. The van der Waals surface area contributed by atoms with Gasteiger partial charge in [0, 0.05) is 0 Å². The van der Waals surface area contributed by atoms with Crippen LogP contribution in [0.25, 0.3) is 0 Å². The van der Waals surface area contributed by atoms with Gasteiger partial charge in [-0.15, -0.1) is 17.0 Å². The van der Waals surface area contributed by atoms with E-state index in [1.165, 1.54) is 5.56 Å². The summed E-state index contributed by atoms with van der Waals surface area (Å²) in [7, 11) is 0. The lowest BCUT2D eigenvalue weighted by molar-refractivity contribution is 1.56. The quantitative estimate of drug-likeness (QED) is 0.680. The van der Waals surface area contributed by atoms with E-state index < -0.39 is 0 Å². The van der Waals surface area contributed by atoms with Gasteiger partial charge < -0.3 is 6.15 Å². The second kappa shape index (κ2) is 5.28. The average Bonchev–Trinajstić information content (AvgIpc) is 1.86. The van der Waals surface area contributed by atoms with E-state index in [1.54, 1.807) is 11.3 Å². The predicted molar refractivity (Wildman–Crippen MR) is 44.4 cm³/mol. The third-order valence-corrected chi connectivity index (χ3v) is 1.46. The Bertz CT molecular complexity index is 116. The van der Waals surface area contributed by atoms with Gasteiger partial charge in [0.1, 0.15) is 0 Å². The molecule has 8 heavy (non-hydrogen) atoms. The second-order valence-corrected chi connectivity index (χ2v) is 2.08. The molecule has 3 N–H and O–H groups in total. The van der Waals surface area contributed by atoms with Crippen molar-refractivity contribution in [3.63, 3.8) is 0 Å². The first-order chi connectivity index (χ1) is 2.89. The van der Waals surface area contributed by atoms with Crippen molar-refractivity contribution in [2.45, 2.75) is 6.92 Å². The van der Waals surface area contributed by atoms with E-state index in [9.17, 15) is 0 Å². The third kappa shape index (κ3) is 3.18. The number of halogens is 1. The van der Waals surface area contributed by atoms with Gasteiger partial charge in [0.15, 0.2) is 0 Å². The van der Waals surface area contributed by atoms with Crippen LogP contribution in [-0.4, -0.2) is 0 Å². The molecule has 0 spiro atoms. The molecule has 3 heteroatoms. The van der Waals surface area contributed by atoms with Gasteiger partial charge in [0.25, 0.3) is 0 Å². The van der Waals surface area contributed by atoms with Crippen LogP contribution in [0.5, 0.6) is 0 Å². The molecular weight excluding hydrogens is 186 g/mol. The SMILES string of the molecule is Br.Cc1ccsc1.N. The highest BCUT2D eigenvalue weighted by molar-refractivity contribution is 8.93. The van der Waals surface area contributed by atoms with Crippen LogP contribution in [0.2, 0.25) is 0 Å². The predicted octanol–water partition coefficient (Wildman–Crippen LogP) is 2.80. The summed E-state index contributed by atoms with van der Waals surface area (Å²) in [5.74, 6) is 0. The molecule has 0 radical (unpaired) electrons. The van der Waals surface area contributed by atoms with Crippen molar-refractivity contribution in [1.29, 1.82) is 0 Å². The first kappa shape index (κ1) is 11.0. The smallest absolute Gasteiger partial charge is 0.00641 e. The Balaban J connectivity index is 0. The van der Waals surface area contributed by atoms with Crippen LogP contribution < -0.4 is 6.15 Å². The molecule has 0 aliphatic rings. The molecule has 1 heterocycles. The zero-order valence-corrected chi connectivity index (χ0v) is 7.29. The lowest BCUT2D eigenvalue weighted by Gasteiger charge is -1.65. The van der Waals surface area contributed by atoms with Crippen LogP contribution in [0.15, 0.2) is 16.8 Å². The Morgan fingerprint density at radius 2 is 2.12 bits per heavy atom. The lowest BCUT2D eigenvalue weighted by atomic mass is 10.4. The number of thiophene rings is 1. The molecule has 0 atom stereocenters. The summed E-state index contributed by atoms with van der Waals surface area (Å²) < 4.78 is 0. The van der Waals surface area contributed by atoms with Crippen molar-refractivity contribution < 1.29 is 0 Å². The minimum absolute atomic E-state index is 0. The Labute approximate surface area is 64.1 Å². The maximum Gasteiger partial charge on any atom is -0.00641 e. The van der Waals surface area contributed by atoms with E-state index in [2.05, 4.69) is 23.8 Å². The summed E-state index contributed by atoms with van der Waals surface area (Å²) in [5, 5.41) is 4.20. The van der Waals surface area contributed by atoms with Crippen LogP contribution in [0.1, 0.15) is 5.56 Å². The molecule has 0 fully saturated rings. The summed E-state index contributed by atoms with van der Waals surface area (Å²) in [4.78, 5) is 0. The number of aryl methyl sites for hydroxylation is 1. The molecule has 1 aromatic heterocycles. The van der Waals surface area contributed by atoms with Crippen molar-refractivity contribution >= 4 is 28.3 Å². The number of rotatable bonds is 0. The van der Waals surface area contributed by atoms with Gasteiger partial charge in [0.2, 0.25) is 0 Å². The molecule has 0 saturated heterocycles. The van der Waals surface area contributed by atoms with Gasteiger partial charge in [-0.2, -0.15) is 11.3 Å². The Morgan fingerprint density at radius 3 is 2.25 bits per heavy atom. The summed E-state index contributed by atoms with van der Waals surface area (Å²) in [5.41, 5.74) is 1.36. The molecule has 0 aliphatic heterocycles. The fraction of sp³-hybridized carbons (Fsp3) is 0.200. The van der Waals surface area contributed by atoms with Crippen molar-refractivity contribution in [1.82, 2.24) is 6.15 Å². The van der Waals surface area contributed by atoms with Crippen LogP contribution in [0, 0.1) is 6.92 Å². The molecule has 0 aliphatic carbocycles. The molecule has 0 amide bonds. The summed E-state index contributed by atoms with van der Waals surface area (Å²) in [6, 6.07) is 2.10. The zero-order chi connectivity index (χ0) is 4.41. The normalized spacial score (nSPS) is 6.62. The van der Waals surface area contributed by atoms with Crippen LogP contribution in [0.3, 0.4) is 0 Å². The Hall–Kier alpha value is 0.140. The van der Waals surface area contributed by atoms with Gasteiger partial charge in [-0.05, 0) is 29.3 Å². The van der Waals surface area contributed by atoms with E-state index in [0.29, 0.717) is 0 Å². The minimum atomic E-state index is 0. The maximum absolute atomic E-state index is 2.12. The number of hydrogen-bond acceptors (Lipinski definition) is 2. The van der Waals surface area contributed by atoms with Gasteiger partial charge in [-0.3, -0.25) is 0 Å². The topological polar surface area (TPSA) is 35.0 Å². The zero-order valence-electron chi connectivity index (χ0n) is 4.76. The molecule has 0 aromatic carbocycles. The van der Waals surface area contributed by atoms with Gasteiger partial charge >= 0.3 is 0 Å². The summed E-state index contributed by atoms with van der Waals surface area (Å²) >= 11 is 1.74. The van der Waals surface area contributed by atoms with Crippen molar-refractivity contribution in [3.05, 3.63) is 22.4 Å². The summed E-state index contributed by atoms with van der Waals surface area (Å²) in [6.45, 7) is 2.09. The molecular formula is C5H10BrNS. The minimum Gasteiger partial charge on any atom is -0.344 e. The maximum atomic E-state index is 2.12. The molecule has 1 nitrogen and oxygen atoms in total. The lowest BCUT2D eigenvalue weighted by Crippen LogP contribution is -1.47. The second-order valence-electron chi connectivity index (χ2n) is 1.30. The van der Waals surface area contributed by atoms with E-state index in [-0.39, 0.29) is 23.1 Å². The molecule has 48 valence electrons. The van der Waals surface area contributed by atoms with Crippen LogP contribution in [-0.2, 0) is 0 Å². The van der Waals surface area contributed by atoms with Crippen LogP contribution >= 0.6 is 28.3 Å².